The van der Waals surface area contributed by atoms with Crippen LogP contribution in [0.25, 0.3) is 0 Å². The second kappa shape index (κ2) is 7.25. The highest BCUT2D eigenvalue weighted by Crippen LogP contribution is 2.32. The van der Waals surface area contributed by atoms with Crippen LogP contribution in [0.1, 0.15) is 73.6 Å². The molecule has 0 spiro atoms. The predicted octanol–water partition coefficient (Wildman–Crippen LogP) is 3.84. The molecule has 1 aliphatic carbocycles. The molecule has 3 rings (SSSR count). The van der Waals surface area contributed by atoms with E-state index in [0.29, 0.717) is 21.4 Å². The van der Waals surface area contributed by atoms with Crippen molar-refractivity contribution in [3.8, 4) is 0 Å². The molecule has 7 heteroatoms. The van der Waals surface area contributed by atoms with Crippen molar-refractivity contribution in [2.45, 2.75) is 52.9 Å². The molecule has 0 aromatic carbocycles. The molecular weight excluding hydrogens is 354 g/mol. The average Bonchev–Trinajstić information content (AvgIpc) is 3.15. The average molecular weight is 378 g/mol. The standard InChI is InChI=1S/C18H23N3O2S2/c1-9(2)18-19-11(4)15(25-18)17(23)21-20-16(22)14-8-12-7-10(3)5-6-13(12)24-14/h8-10H,5-7H2,1-4H3,(H,20,22)(H,21,23). The number of fused-ring (bicyclic) bond motifs is 1. The van der Waals surface area contributed by atoms with E-state index in [0.717, 1.165) is 17.8 Å². The monoisotopic (exact) mass is 377 g/mol. The Morgan fingerprint density at radius 2 is 1.96 bits per heavy atom. The van der Waals surface area contributed by atoms with Gasteiger partial charge in [0.15, 0.2) is 0 Å². The van der Waals surface area contributed by atoms with Crippen LogP contribution in [-0.4, -0.2) is 16.8 Å². The molecule has 1 atom stereocenters. The Bertz CT molecular complexity index is 807. The largest absolute Gasteiger partial charge is 0.281 e. The van der Waals surface area contributed by atoms with Gasteiger partial charge in [0.25, 0.3) is 11.8 Å². The molecule has 0 bridgehead atoms. The Morgan fingerprint density at radius 1 is 1.24 bits per heavy atom. The first-order valence-corrected chi connectivity index (χ1v) is 10.2. The third-order valence-corrected chi connectivity index (χ3v) is 7.05. The van der Waals surface area contributed by atoms with E-state index in [4.69, 9.17) is 0 Å². The zero-order valence-corrected chi connectivity index (χ0v) is 16.6. The number of carbonyl (C=O) groups is 2. The summed E-state index contributed by atoms with van der Waals surface area (Å²) in [5, 5.41) is 0.925. The number of aromatic nitrogens is 1. The third kappa shape index (κ3) is 3.93. The molecule has 2 aromatic rings. The number of hydrogen-bond donors (Lipinski definition) is 2. The van der Waals surface area contributed by atoms with E-state index in [9.17, 15) is 9.59 Å². The molecule has 0 fully saturated rings. The van der Waals surface area contributed by atoms with Crippen LogP contribution in [0.3, 0.4) is 0 Å². The second-order valence-corrected chi connectivity index (χ2v) is 9.10. The molecule has 0 radical (unpaired) electrons. The molecule has 5 nitrogen and oxygen atoms in total. The van der Waals surface area contributed by atoms with Crippen molar-refractivity contribution in [2.75, 3.05) is 0 Å². The quantitative estimate of drug-likeness (QED) is 0.799. The first kappa shape index (κ1) is 18.1. The van der Waals surface area contributed by atoms with Crippen molar-refractivity contribution in [1.29, 1.82) is 0 Å². The van der Waals surface area contributed by atoms with Crippen LogP contribution >= 0.6 is 22.7 Å². The molecule has 134 valence electrons. The number of thiophene rings is 1. The van der Waals surface area contributed by atoms with E-state index < -0.39 is 0 Å². The topological polar surface area (TPSA) is 71.1 Å². The summed E-state index contributed by atoms with van der Waals surface area (Å²) in [6.07, 6.45) is 3.25. The van der Waals surface area contributed by atoms with Crippen molar-refractivity contribution < 1.29 is 9.59 Å². The lowest BCUT2D eigenvalue weighted by Crippen LogP contribution is -2.41. The van der Waals surface area contributed by atoms with Gasteiger partial charge in [-0.25, -0.2) is 4.98 Å². The number of aryl methyl sites for hydroxylation is 2. The maximum atomic E-state index is 12.4. The van der Waals surface area contributed by atoms with Gasteiger partial charge in [-0.3, -0.25) is 20.4 Å². The number of nitrogens with zero attached hydrogens (tertiary/aromatic N) is 1. The highest BCUT2D eigenvalue weighted by Gasteiger charge is 2.22. The fourth-order valence-electron chi connectivity index (χ4n) is 2.92. The highest BCUT2D eigenvalue weighted by atomic mass is 32.1. The minimum Gasteiger partial charge on any atom is -0.266 e. The number of nitrogens with one attached hydrogen (secondary N) is 2. The molecule has 1 aliphatic rings. The number of hydrazine groups is 1. The van der Waals surface area contributed by atoms with Crippen LogP contribution in [0.2, 0.25) is 0 Å². The zero-order valence-electron chi connectivity index (χ0n) is 14.9. The maximum Gasteiger partial charge on any atom is 0.281 e. The summed E-state index contributed by atoms with van der Waals surface area (Å²) in [6.45, 7) is 8.14. The fourth-order valence-corrected chi connectivity index (χ4v) is 4.99. The Balaban J connectivity index is 1.63. The van der Waals surface area contributed by atoms with Crippen molar-refractivity contribution >= 4 is 34.5 Å². The van der Waals surface area contributed by atoms with Gasteiger partial charge >= 0.3 is 0 Å². The fraction of sp³-hybridized carbons (Fsp3) is 0.500. The van der Waals surface area contributed by atoms with Crippen LogP contribution in [-0.2, 0) is 12.8 Å². The SMILES string of the molecule is Cc1nc(C(C)C)sc1C(=O)NNC(=O)c1cc2c(s1)CCC(C)C2. The van der Waals surface area contributed by atoms with Crippen LogP contribution < -0.4 is 10.9 Å². The number of carbonyl (C=O) groups excluding carboxylic acids is 2. The summed E-state index contributed by atoms with van der Waals surface area (Å²) in [6, 6.07) is 1.96. The van der Waals surface area contributed by atoms with Gasteiger partial charge in [0.2, 0.25) is 0 Å². The van der Waals surface area contributed by atoms with Crippen LogP contribution in [0.15, 0.2) is 6.07 Å². The molecule has 0 saturated carbocycles. The summed E-state index contributed by atoms with van der Waals surface area (Å²) >= 11 is 2.90. The molecule has 2 aromatic heterocycles. The lowest BCUT2D eigenvalue weighted by Gasteiger charge is -2.16. The molecule has 2 amide bonds. The first-order chi connectivity index (χ1) is 11.8. The molecular formula is C18H23N3O2S2. The van der Waals surface area contributed by atoms with Crippen LogP contribution in [0.4, 0.5) is 0 Å². The normalized spacial score (nSPS) is 16.6. The highest BCUT2D eigenvalue weighted by molar-refractivity contribution is 7.14. The Labute approximate surface area is 155 Å². The molecule has 1 unspecified atom stereocenters. The van der Waals surface area contributed by atoms with E-state index in [1.807, 2.05) is 26.8 Å². The smallest absolute Gasteiger partial charge is 0.266 e. The minimum absolute atomic E-state index is 0.258. The van der Waals surface area contributed by atoms with Crippen molar-refractivity contribution in [3.05, 3.63) is 37.0 Å². The minimum atomic E-state index is -0.315. The molecule has 25 heavy (non-hydrogen) atoms. The number of hydrogen-bond acceptors (Lipinski definition) is 5. The maximum absolute atomic E-state index is 12.4. The van der Waals surface area contributed by atoms with Gasteiger partial charge < -0.3 is 0 Å². The number of amides is 2. The first-order valence-electron chi connectivity index (χ1n) is 8.54. The second-order valence-electron chi connectivity index (χ2n) is 6.94. The van der Waals surface area contributed by atoms with Gasteiger partial charge in [-0.2, -0.15) is 0 Å². The molecule has 2 N–H and O–H groups in total. The van der Waals surface area contributed by atoms with Gasteiger partial charge in [-0.15, -0.1) is 22.7 Å². The molecule has 2 heterocycles. The summed E-state index contributed by atoms with van der Waals surface area (Å²) < 4.78 is 0. The summed E-state index contributed by atoms with van der Waals surface area (Å²) in [5.74, 6) is 0.374. The Kier molecular flexibility index (Phi) is 5.24. The number of rotatable bonds is 3. The summed E-state index contributed by atoms with van der Waals surface area (Å²) in [4.78, 5) is 31.6. The van der Waals surface area contributed by atoms with Gasteiger partial charge in [0, 0.05) is 10.8 Å². The van der Waals surface area contributed by atoms with E-state index in [1.54, 1.807) is 0 Å². The summed E-state index contributed by atoms with van der Waals surface area (Å²) in [5.41, 5.74) is 7.03. The lowest BCUT2D eigenvalue weighted by atomic mass is 9.90. The van der Waals surface area contributed by atoms with Crippen molar-refractivity contribution in [2.24, 2.45) is 5.92 Å². The zero-order chi connectivity index (χ0) is 18.1. The van der Waals surface area contributed by atoms with Crippen molar-refractivity contribution in [1.82, 2.24) is 15.8 Å². The van der Waals surface area contributed by atoms with E-state index >= 15 is 0 Å². The summed E-state index contributed by atoms with van der Waals surface area (Å²) in [7, 11) is 0. The van der Waals surface area contributed by atoms with Gasteiger partial charge in [-0.1, -0.05) is 20.8 Å². The lowest BCUT2D eigenvalue weighted by molar-refractivity contribution is 0.0850. The Morgan fingerprint density at radius 3 is 2.64 bits per heavy atom. The van der Waals surface area contributed by atoms with E-state index in [-0.39, 0.29) is 17.7 Å². The Hall–Kier alpha value is -1.73. The predicted molar refractivity (Wildman–Crippen MR) is 101 cm³/mol. The number of thiazole rings is 1. The molecule has 0 aliphatic heterocycles. The van der Waals surface area contributed by atoms with Gasteiger partial charge in [0.05, 0.1) is 15.6 Å². The van der Waals surface area contributed by atoms with E-state index in [2.05, 4.69) is 22.8 Å². The van der Waals surface area contributed by atoms with E-state index in [1.165, 1.54) is 39.5 Å². The van der Waals surface area contributed by atoms with Crippen LogP contribution in [0.5, 0.6) is 0 Å². The molecule has 0 saturated heterocycles. The van der Waals surface area contributed by atoms with Gasteiger partial charge in [-0.05, 0) is 43.7 Å². The third-order valence-electron chi connectivity index (χ3n) is 4.36. The van der Waals surface area contributed by atoms with Gasteiger partial charge in [0.1, 0.15) is 4.88 Å². The van der Waals surface area contributed by atoms with Crippen LogP contribution in [0, 0.1) is 12.8 Å². The van der Waals surface area contributed by atoms with Crippen molar-refractivity contribution in [3.63, 3.8) is 0 Å².